The lowest BCUT2D eigenvalue weighted by atomic mass is 10.1. The molecule has 0 saturated carbocycles. The maximum absolute atomic E-state index is 13.9. The van der Waals surface area contributed by atoms with Crippen LogP contribution in [-0.2, 0) is 24.4 Å². The van der Waals surface area contributed by atoms with Crippen LogP contribution in [0.25, 0.3) is 0 Å². The number of carboxylic acids is 1. The predicted octanol–water partition coefficient (Wildman–Crippen LogP) is 2.76. The molecule has 1 amide bonds. The number of hydrogen-bond donors (Lipinski definition) is 3. The minimum Gasteiger partial charge on any atom is -0.481 e. The first-order chi connectivity index (χ1) is 19.8. The Hall–Kier alpha value is -4.73. The second-order valence-corrected chi connectivity index (χ2v) is 10.4. The molecule has 11 nitrogen and oxygen atoms in total. The van der Waals surface area contributed by atoms with Crippen LogP contribution in [-0.4, -0.2) is 48.4 Å². The number of aromatic nitrogens is 1. The van der Waals surface area contributed by atoms with Crippen molar-refractivity contribution in [3.05, 3.63) is 88.4 Å². The molecule has 0 spiro atoms. The number of Topliss-reactive ketones (excluding diaryl/α,β-unsaturated/α-hetero) is 1. The molecule has 3 rings (SSSR count). The maximum Gasteiger partial charge on any atom is 0.305 e. The Balaban J connectivity index is 1.82. The number of nitrogens with one attached hydrogen (secondary N) is 2. The lowest BCUT2D eigenvalue weighted by Crippen LogP contribution is -2.48. The molecule has 3 aromatic rings. The normalized spacial score (nSPS) is 12.7. The molecule has 3 N–H and O–H groups in total. The van der Waals surface area contributed by atoms with Gasteiger partial charge in [-0.1, -0.05) is 25.1 Å². The minimum atomic E-state index is -4.18. The third-order valence-corrected chi connectivity index (χ3v) is 7.19. The highest BCUT2D eigenvalue weighted by molar-refractivity contribution is 7.92. The number of hydrogen-bond acceptors (Lipinski definition) is 7. The van der Waals surface area contributed by atoms with Crippen LogP contribution in [0.4, 0.5) is 23.2 Å². The van der Waals surface area contributed by atoms with Crippen LogP contribution in [0.3, 0.4) is 0 Å². The van der Waals surface area contributed by atoms with Gasteiger partial charge in [0.2, 0.25) is 17.5 Å². The number of carboxylic acid groups (broad SMARTS) is 1. The zero-order valence-electron chi connectivity index (χ0n) is 21.6. The van der Waals surface area contributed by atoms with Crippen molar-refractivity contribution in [1.82, 2.24) is 9.88 Å². The summed E-state index contributed by atoms with van der Waals surface area (Å²) in [6.45, 7) is 0.182. The zero-order chi connectivity index (χ0) is 31.2. The summed E-state index contributed by atoms with van der Waals surface area (Å²) in [6, 6.07) is 6.23. The monoisotopic (exact) mass is 613 g/mol. The molecule has 2 aromatic carbocycles. The van der Waals surface area contributed by atoms with Crippen LogP contribution in [0.5, 0.6) is 5.75 Å². The number of ether oxygens (including phenoxy) is 1. The van der Waals surface area contributed by atoms with Crippen LogP contribution in [0.15, 0.2) is 64.4 Å². The fraction of sp³-hybridized carbons (Fsp3) is 0.231. The largest absolute Gasteiger partial charge is 0.481 e. The van der Waals surface area contributed by atoms with Gasteiger partial charge in [0.05, 0.1) is 11.3 Å². The first-order valence-electron chi connectivity index (χ1n) is 12.1. The van der Waals surface area contributed by atoms with E-state index in [1.807, 2.05) is 0 Å². The molecule has 0 fully saturated rings. The highest BCUT2D eigenvalue weighted by atomic mass is 32.2. The molecule has 0 radical (unpaired) electrons. The van der Waals surface area contributed by atoms with Crippen molar-refractivity contribution in [3.63, 3.8) is 0 Å². The van der Waals surface area contributed by atoms with Gasteiger partial charge in [-0.05, 0) is 30.7 Å². The van der Waals surface area contributed by atoms with E-state index in [4.69, 9.17) is 0 Å². The third-order valence-electron chi connectivity index (χ3n) is 5.81. The lowest BCUT2D eigenvalue weighted by Gasteiger charge is -2.22. The van der Waals surface area contributed by atoms with Gasteiger partial charge in [0, 0.05) is 12.3 Å². The molecule has 0 bridgehead atoms. The Morgan fingerprint density at radius 2 is 1.62 bits per heavy atom. The summed E-state index contributed by atoms with van der Waals surface area (Å²) in [5.74, 6) is -12.9. The molecule has 1 aromatic heterocycles. The highest BCUT2D eigenvalue weighted by Gasteiger charge is 2.30. The molecular weight excluding hydrogens is 590 g/mol. The van der Waals surface area contributed by atoms with Gasteiger partial charge in [0.15, 0.2) is 23.2 Å². The van der Waals surface area contributed by atoms with E-state index >= 15 is 0 Å². The van der Waals surface area contributed by atoms with E-state index < -0.39 is 93.1 Å². The van der Waals surface area contributed by atoms with E-state index in [-0.39, 0.29) is 17.4 Å². The Morgan fingerprint density at radius 3 is 2.19 bits per heavy atom. The maximum atomic E-state index is 13.9. The molecule has 1 heterocycles. The number of carbonyl (C=O) groups excluding carboxylic acids is 2. The molecule has 224 valence electrons. The Bertz CT molecular complexity index is 1640. The van der Waals surface area contributed by atoms with Gasteiger partial charge in [-0.25, -0.2) is 17.2 Å². The van der Waals surface area contributed by atoms with E-state index in [1.165, 1.54) is 37.3 Å². The number of sulfonamides is 1. The number of pyridine rings is 1. The number of halogens is 4. The van der Waals surface area contributed by atoms with Crippen molar-refractivity contribution in [2.45, 2.75) is 36.7 Å². The Labute approximate surface area is 235 Å². The average molecular weight is 614 g/mol. The van der Waals surface area contributed by atoms with Crippen LogP contribution in [0, 0.1) is 23.3 Å². The molecule has 42 heavy (non-hydrogen) atoms. The minimum absolute atomic E-state index is 0.0821. The zero-order valence-corrected chi connectivity index (χ0v) is 22.5. The van der Waals surface area contributed by atoms with Crippen molar-refractivity contribution < 1.29 is 50.2 Å². The fourth-order valence-electron chi connectivity index (χ4n) is 3.75. The number of nitrogens with zero attached hydrogens (tertiary/aromatic N) is 1. The van der Waals surface area contributed by atoms with E-state index in [0.717, 1.165) is 16.8 Å². The van der Waals surface area contributed by atoms with Crippen LogP contribution in [0.1, 0.15) is 25.8 Å². The summed E-state index contributed by atoms with van der Waals surface area (Å²) >= 11 is 0. The fourth-order valence-corrected chi connectivity index (χ4v) is 4.83. The highest BCUT2D eigenvalue weighted by Crippen LogP contribution is 2.26. The molecule has 0 aliphatic carbocycles. The first kappa shape index (κ1) is 31.8. The number of rotatable bonds is 13. The van der Waals surface area contributed by atoms with Crippen molar-refractivity contribution in [3.8, 4) is 5.75 Å². The number of anilines is 1. The van der Waals surface area contributed by atoms with Crippen LogP contribution < -0.4 is 20.3 Å². The predicted molar refractivity (Wildman–Crippen MR) is 138 cm³/mol. The number of carbonyl (C=O) groups is 3. The van der Waals surface area contributed by atoms with Gasteiger partial charge in [-0.2, -0.15) is 8.78 Å². The van der Waals surface area contributed by atoms with E-state index in [1.54, 1.807) is 6.07 Å². The molecule has 0 aliphatic rings. The van der Waals surface area contributed by atoms with Gasteiger partial charge in [-0.15, -0.1) is 0 Å². The van der Waals surface area contributed by atoms with Crippen molar-refractivity contribution in [1.29, 1.82) is 0 Å². The average Bonchev–Trinajstić information content (AvgIpc) is 2.94. The van der Waals surface area contributed by atoms with Gasteiger partial charge in [0.1, 0.15) is 24.4 Å². The molecule has 0 saturated heterocycles. The van der Waals surface area contributed by atoms with Crippen molar-refractivity contribution >= 4 is 33.4 Å². The number of ketones is 1. The topological polar surface area (TPSA) is 161 Å². The Kier molecular flexibility index (Phi) is 10.1. The quantitative estimate of drug-likeness (QED) is 0.196. The van der Waals surface area contributed by atoms with Crippen molar-refractivity contribution in [2.24, 2.45) is 0 Å². The third kappa shape index (κ3) is 7.31. The number of benzene rings is 2. The SMILES string of the molecule is CC[C@H](C(=O)NC(CC(=O)O)C(=O)COc1c(F)c(F)cc(F)c1F)n1cccc(NS(=O)(=O)c2ccccc2)c1=O. The summed E-state index contributed by atoms with van der Waals surface area (Å²) < 4.78 is 87.5. The first-order valence-corrected chi connectivity index (χ1v) is 13.5. The Morgan fingerprint density at radius 1 is 1.00 bits per heavy atom. The lowest BCUT2D eigenvalue weighted by molar-refractivity contribution is -0.140. The summed E-state index contributed by atoms with van der Waals surface area (Å²) in [5.41, 5.74) is -1.35. The number of amides is 1. The molecule has 1 unspecified atom stereocenters. The summed E-state index contributed by atoms with van der Waals surface area (Å²) in [7, 11) is -4.18. The smallest absolute Gasteiger partial charge is 0.305 e. The molecule has 0 aliphatic heterocycles. The van der Waals surface area contributed by atoms with E-state index in [0.29, 0.717) is 0 Å². The van der Waals surface area contributed by atoms with Gasteiger partial charge in [-0.3, -0.25) is 23.9 Å². The summed E-state index contributed by atoms with van der Waals surface area (Å²) in [4.78, 5) is 50.1. The second-order valence-electron chi connectivity index (χ2n) is 8.69. The molecular formula is C26H23F4N3O8S. The molecule has 2 atom stereocenters. The number of aliphatic carboxylic acids is 1. The molecule has 16 heteroatoms. The summed E-state index contributed by atoms with van der Waals surface area (Å²) in [5, 5.41) is 11.3. The van der Waals surface area contributed by atoms with Gasteiger partial charge in [0.25, 0.3) is 15.6 Å². The van der Waals surface area contributed by atoms with Gasteiger partial charge < -0.3 is 19.7 Å². The van der Waals surface area contributed by atoms with Crippen LogP contribution >= 0.6 is 0 Å². The van der Waals surface area contributed by atoms with Crippen LogP contribution in [0.2, 0.25) is 0 Å². The standard InChI is InChI=1S/C26H23F4N3O8S/c1-2-19(33-10-6-9-17(26(33)38)32-42(39,40)14-7-4-3-5-8-14)25(37)31-18(12-21(35)36)20(34)13-41-24-22(29)15(27)11-16(28)23(24)30/h3-11,18-19,32H,2,12-13H2,1H3,(H,31,37)(H,35,36)/t18?,19-/m1/s1. The van der Waals surface area contributed by atoms with E-state index in [2.05, 4.69) is 14.8 Å². The second kappa shape index (κ2) is 13.3. The van der Waals surface area contributed by atoms with Gasteiger partial charge >= 0.3 is 5.97 Å². The van der Waals surface area contributed by atoms with Crippen molar-refractivity contribution in [2.75, 3.05) is 11.3 Å². The van der Waals surface area contributed by atoms with E-state index in [9.17, 15) is 50.3 Å². The summed E-state index contributed by atoms with van der Waals surface area (Å²) in [6.07, 6.45) is 0.0420.